The highest BCUT2D eigenvalue weighted by Crippen LogP contribution is 2.73. The number of carbonyl (C=O) groups is 2. The first-order valence-corrected chi connectivity index (χ1v) is 21.8. The van der Waals surface area contributed by atoms with Crippen LogP contribution in [0.3, 0.4) is 0 Å². The Labute approximate surface area is 324 Å². The van der Waals surface area contributed by atoms with Gasteiger partial charge in [0.15, 0.2) is 8.32 Å². The summed E-state index contributed by atoms with van der Waals surface area (Å²) in [5.41, 5.74) is -8.92. The number of halogens is 6. The van der Waals surface area contributed by atoms with E-state index in [4.69, 9.17) is 18.6 Å². The maximum Gasteiger partial charge on any atom is 0.419 e. The molecule has 3 atom stereocenters. The lowest BCUT2D eigenvalue weighted by atomic mass is 9.55. The Kier molecular flexibility index (Phi) is 10.4. The van der Waals surface area contributed by atoms with Crippen LogP contribution in [0.4, 0.5) is 36.8 Å². The molecule has 0 unspecified atom stereocenters. The monoisotopic (exact) mass is 805 g/mol. The van der Waals surface area contributed by atoms with Gasteiger partial charge in [0.05, 0.1) is 16.8 Å². The summed E-state index contributed by atoms with van der Waals surface area (Å²) in [5, 5.41) is -0.585. The number of ether oxygens (including phenoxy) is 3. The predicted molar refractivity (Wildman–Crippen MR) is 200 cm³/mol. The van der Waals surface area contributed by atoms with Crippen molar-refractivity contribution >= 4 is 26.1 Å². The molecular formula is C42H49F6NO6Si. The highest BCUT2D eigenvalue weighted by molar-refractivity contribution is 6.74. The molecule has 56 heavy (non-hydrogen) atoms. The van der Waals surface area contributed by atoms with Crippen molar-refractivity contribution in [2.24, 2.45) is 0 Å². The highest BCUT2D eigenvalue weighted by atomic mass is 28.4. The molecule has 0 spiro atoms. The van der Waals surface area contributed by atoms with Crippen molar-refractivity contribution in [1.82, 2.24) is 0 Å². The van der Waals surface area contributed by atoms with Crippen molar-refractivity contribution in [3.8, 4) is 0 Å². The Balaban J connectivity index is 1.78. The number of hydrogen-bond donors (Lipinski definition) is 0. The number of benzene rings is 3. The number of nitrogens with zero attached hydrogens (tertiary/aromatic N) is 1. The fraction of sp³-hybridized carbons (Fsp3) is 0.524. The molecule has 0 radical (unpaired) electrons. The zero-order chi connectivity index (χ0) is 41.3. The van der Waals surface area contributed by atoms with Crippen molar-refractivity contribution in [2.45, 2.75) is 139 Å². The number of hydrogen-bond acceptors (Lipinski definition) is 6. The summed E-state index contributed by atoms with van der Waals surface area (Å²) in [4.78, 5) is 31.3. The fourth-order valence-corrected chi connectivity index (χ4v) is 9.27. The van der Waals surface area contributed by atoms with Crippen molar-refractivity contribution in [3.63, 3.8) is 0 Å². The molecule has 6 rings (SSSR count). The molecule has 3 aliphatic rings. The average Bonchev–Trinajstić information content (AvgIpc) is 3.25. The molecule has 1 aliphatic carbocycles. The van der Waals surface area contributed by atoms with Gasteiger partial charge in [0, 0.05) is 0 Å². The molecule has 0 bridgehead atoms. The normalized spacial score (nSPS) is 24.6. The van der Waals surface area contributed by atoms with Gasteiger partial charge >= 0.3 is 24.4 Å². The minimum absolute atomic E-state index is 0.0151. The Morgan fingerprint density at radius 3 is 1.89 bits per heavy atom. The molecule has 3 aromatic carbocycles. The first-order valence-electron chi connectivity index (χ1n) is 18.9. The van der Waals surface area contributed by atoms with Gasteiger partial charge in [-0.2, -0.15) is 26.3 Å². The summed E-state index contributed by atoms with van der Waals surface area (Å²) >= 11 is 0. The van der Waals surface area contributed by atoms with Crippen LogP contribution in [0.25, 0.3) is 0 Å². The van der Waals surface area contributed by atoms with Crippen LogP contribution in [0.1, 0.15) is 101 Å². The lowest BCUT2D eigenvalue weighted by Gasteiger charge is -2.68. The van der Waals surface area contributed by atoms with E-state index in [1.807, 2.05) is 33.9 Å². The van der Waals surface area contributed by atoms with Crippen molar-refractivity contribution < 1.29 is 54.6 Å². The van der Waals surface area contributed by atoms with Gasteiger partial charge in [-0.15, -0.1) is 0 Å². The molecule has 14 heteroatoms. The molecule has 304 valence electrons. The summed E-state index contributed by atoms with van der Waals surface area (Å²) < 4.78 is 115. The number of fused-ring (bicyclic) bond motifs is 3. The molecule has 1 amide bonds. The van der Waals surface area contributed by atoms with E-state index in [-0.39, 0.29) is 23.7 Å². The fourth-order valence-electron chi connectivity index (χ4n) is 7.97. The van der Waals surface area contributed by atoms with Gasteiger partial charge in [0.1, 0.15) is 17.1 Å². The summed E-state index contributed by atoms with van der Waals surface area (Å²) in [6, 6.07) is 16.2. The molecule has 0 N–H and O–H groups in total. The minimum Gasteiger partial charge on any atom is -0.460 e. The van der Waals surface area contributed by atoms with Crippen LogP contribution in [0.2, 0.25) is 18.1 Å². The second kappa shape index (κ2) is 13.9. The maximum absolute atomic E-state index is 15.4. The topological polar surface area (TPSA) is 74.3 Å². The van der Waals surface area contributed by atoms with Crippen LogP contribution in [-0.2, 0) is 53.2 Å². The average molecular weight is 806 g/mol. The number of esters is 1. The number of anilines is 1. The van der Waals surface area contributed by atoms with Crippen LogP contribution in [0.5, 0.6) is 0 Å². The SMILES string of the molecule is CC(C)(C)OC(=O)N1c2ccccc2[C@]2(Cc3ccccc3)[C@@]1(O[Si](C)(C)C(C)(C)C)O[C@@]2(C(=O)OC1CCCCC1)c1cc(C(F)(F)F)cc(C(F)(F)F)c1. The van der Waals surface area contributed by atoms with Crippen LogP contribution >= 0.6 is 0 Å². The van der Waals surface area contributed by atoms with Gasteiger partial charge in [0.25, 0.3) is 5.91 Å². The second-order valence-electron chi connectivity index (χ2n) is 17.6. The summed E-state index contributed by atoms with van der Waals surface area (Å²) in [7, 11) is -3.19. The van der Waals surface area contributed by atoms with E-state index in [2.05, 4.69) is 0 Å². The van der Waals surface area contributed by atoms with Gasteiger partial charge < -0.3 is 18.6 Å². The van der Waals surface area contributed by atoms with Crippen LogP contribution in [0.15, 0.2) is 72.8 Å². The highest BCUT2D eigenvalue weighted by Gasteiger charge is 2.89. The van der Waals surface area contributed by atoms with E-state index >= 15 is 4.79 Å². The maximum atomic E-state index is 15.4. The Hall–Kier alpha value is -3.88. The Morgan fingerprint density at radius 2 is 1.36 bits per heavy atom. The Bertz CT molecular complexity index is 1930. The first-order chi connectivity index (χ1) is 25.8. The Morgan fingerprint density at radius 1 is 0.804 bits per heavy atom. The van der Waals surface area contributed by atoms with Gasteiger partial charge in [-0.3, -0.25) is 0 Å². The van der Waals surface area contributed by atoms with Crippen LogP contribution in [-0.4, -0.2) is 38.0 Å². The van der Waals surface area contributed by atoms with E-state index in [1.165, 1.54) is 0 Å². The smallest absolute Gasteiger partial charge is 0.419 e. The van der Waals surface area contributed by atoms with Crippen LogP contribution < -0.4 is 4.90 Å². The molecule has 2 fully saturated rings. The number of rotatable bonds is 7. The van der Waals surface area contributed by atoms with E-state index in [1.54, 1.807) is 75.4 Å². The van der Waals surface area contributed by atoms with E-state index in [9.17, 15) is 31.1 Å². The zero-order valence-corrected chi connectivity index (χ0v) is 33.9. The summed E-state index contributed by atoms with van der Waals surface area (Å²) in [5.74, 6) is -3.51. The van der Waals surface area contributed by atoms with E-state index in [0.29, 0.717) is 43.4 Å². The van der Waals surface area contributed by atoms with Gasteiger partial charge in [0.2, 0.25) is 5.60 Å². The van der Waals surface area contributed by atoms with Gasteiger partial charge in [-0.1, -0.05) is 75.7 Å². The van der Waals surface area contributed by atoms with Gasteiger partial charge in [-0.05, 0) is 112 Å². The first kappa shape index (κ1) is 41.7. The number of alkyl halides is 6. The molecule has 7 nitrogen and oxygen atoms in total. The predicted octanol–water partition coefficient (Wildman–Crippen LogP) is 11.4. The third-order valence-electron chi connectivity index (χ3n) is 11.5. The van der Waals surface area contributed by atoms with Gasteiger partial charge in [-0.25, -0.2) is 14.5 Å². The number of amides is 1. The van der Waals surface area contributed by atoms with Crippen molar-refractivity contribution in [2.75, 3.05) is 4.90 Å². The van der Waals surface area contributed by atoms with Crippen molar-refractivity contribution in [3.05, 3.63) is 101 Å². The minimum atomic E-state index is -5.26. The lowest BCUT2D eigenvalue weighted by molar-refractivity contribution is -0.408. The largest absolute Gasteiger partial charge is 0.460 e. The molecule has 2 aliphatic heterocycles. The molecule has 1 saturated heterocycles. The molecule has 3 aromatic rings. The number of para-hydroxylation sites is 1. The van der Waals surface area contributed by atoms with Crippen LogP contribution in [0, 0.1) is 0 Å². The quantitative estimate of drug-likeness (QED) is 0.134. The lowest BCUT2D eigenvalue weighted by Crippen LogP contribution is -2.86. The second-order valence-corrected chi connectivity index (χ2v) is 22.3. The molecule has 0 aromatic heterocycles. The molecule has 2 heterocycles. The third-order valence-corrected chi connectivity index (χ3v) is 15.9. The number of carbonyl (C=O) groups excluding carboxylic acids is 2. The van der Waals surface area contributed by atoms with E-state index < -0.39 is 83.1 Å². The summed E-state index contributed by atoms with van der Waals surface area (Å²) in [6.07, 6.45) is -9.23. The standard InChI is InChI=1S/C42H49F6NO6Si/c1-36(2,3)53-35(51)49-33-22-16-15-21-32(33)38(26-27-17-11-9-12-18-27)39(34(50)52-31-19-13-10-14-20-31,54-42(38,49)55-56(7,8)37(4,5)6)28-23-29(40(43,44)45)25-30(24-28)41(46,47)48/h9,11-12,15-18,21-25,31H,10,13-14,19-20,26H2,1-8H3/t38-,39+,42-/m0/s1. The molecular weight excluding hydrogens is 757 g/mol. The summed E-state index contributed by atoms with van der Waals surface area (Å²) in [6.45, 7) is 14.5. The molecule has 1 saturated carbocycles. The van der Waals surface area contributed by atoms with Crippen molar-refractivity contribution in [1.29, 1.82) is 0 Å². The van der Waals surface area contributed by atoms with E-state index in [0.717, 1.165) is 11.3 Å². The zero-order valence-electron chi connectivity index (χ0n) is 32.9. The third kappa shape index (κ3) is 6.93.